The van der Waals surface area contributed by atoms with Gasteiger partial charge in [0.25, 0.3) is 0 Å². The van der Waals surface area contributed by atoms with Crippen LogP contribution < -0.4 is 14.8 Å². The van der Waals surface area contributed by atoms with E-state index in [1.807, 2.05) is 24.4 Å². The number of H-pyrrole nitrogens is 1. The van der Waals surface area contributed by atoms with Crippen LogP contribution in [0.15, 0.2) is 30.6 Å². The van der Waals surface area contributed by atoms with Gasteiger partial charge in [-0.15, -0.1) is 0 Å². The normalized spacial score (nSPS) is 10.4. The van der Waals surface area contributed by atoms with Crippen LogP contribution in [-0.2, 0) is 13.0 Å². The molecule has 0 fully saturated rings. The van der Waals surface area contributed by atoms with Crippen LogP contribution >= 0.6 is 0 Å². The standard InChI is InChI=1S/C14H19N3O2/c1-18-12-3-4-13(19-2)11(9-12)5-6-15-10-14-16-7-8-17-14/h3-4,7-9,15H,5-6,10H2,1-2H3,(H,16,17). The summed E-state index contributed by atoms with van der Waals surface area (Å²) in [5.41, 5.74) is 1.13. The van der Waals surface area contributed by atoms with Crippen LogP contribution in [0.5, 0.6) is 11.5 Å². The van der Waals surface area contributed by atoms with Crippen LogP contribution in [0, 0.1) is 0 Å². The predicted octanol–water partition coefficient (Wildman–Crippen LogP) is 1.76. The predicted molar refractivity (Wildman–Crippen MR) is 73.5 cm³/mol. The molecule has 5 nitrogen and oxygen atoms in total. The lowest BCUT2D eigenvalue weighted by atomic mass is 10.1. The third-order valence-electron chi connectivity index (χ3n) is 2.91. The molecule has 0 spiro atoms. The number of nitrogens with one attached hydrogen (secondary N) is 2. The molecule has 2 rings (SSSR count). The van der Waals surface area contributed by atoms with Gasteiger partial charge >= 0.3 is 0 Å². The van der Waals surface area contributed by atoms with E-state index in [9.17, 15) is 0 Å². The first kappa shape index (κ1) is 13.4. The van der Waals surface area contributed by atoms with Gasteiger partial charge < -0.3 is 19.8 Å². The number of hydrogen-bond acceptors (Lipinski definition) is 4. The lowest BCUT2D eigenvalue weighted by molar-refractivity contribution is 0.398. The van der Waals surface area contributed by atoms with Gasteiger partial charge in [0, 0.05) is 12.4 Å². The lowest BCUT2D eigenvalue weighted by Gasteiger charge is -2.10. The van der Waals surface area contributed by atoms with Crippen molar-refractivity contribution in [1.29, 1.82) is 0 Å². The average molecular weight is 261 g/mol. The van der Waals surface area contributed by atoms with Crippen molar-refractivity contribution in [3.8, 4) is 11.5 Å². The van der Waals surface area contributed by atoms with E-state index in [1.165, 1.54) is 0 Å². The number of nitrogens with zero attached hydrogens (tertiary/aromatic N) is 1. The summed E-state index contributed by atoms with van der Waals surface area (Å²) in [6.07, 6.45) is 4.45. The van der Waals surface area contributed by atoms with Gasteiger partial charge in [0.05, 0.1) is 20.8 Å². The molecule has 0 aliphatic rings. The minimum atomic E-state index is 0.735. The highest BCUT2D eigenvalue weighted by Gasteiger charge is 2.04. The van der Waals surface area contributed by atoms with Crippen molar-refractivity contribution in [2.45, 2.75) is 13.0 Å². The molecule has 2 aromatic rings. The third kappa shape index (κ3) is 3.72. The monoisotopic (exact) mass is 261 g/mol. The number of ether oxygens (including phenoxy) is 2. The zero-order valence-corrected chi connectivity index (χ0v) is 11.3. The van der Waals surface area contributed by atoms with Gasteiger partial charge in [0.15, 0.2) is 0 Å². The molecule has 1 heterocycles. The number of rotatable bonds is 7. The topological polar surface area (TPSA) is 59.2 Å². The molecule has 0 amide bonds. The van der Waals surface area contributed by atoms with E-state index in [0.29, 0.717) is 0 Å². The Bertz CT molecular complexity index is 497. The number of aromatic nitrogens is 2. The molecular weight excluding hydrogens is 242 g/mol. The second kappa shape index (κ2) is 6.80. The van der Waals surface area contributed by atoms with Crippen molar-refractivity contribution in [3.05, 3.63) is 42.0 Å². The molecule has 0 saturated heterocycles. The molecule has 102 valence electrons. The number of hydrogen-bond donors (Lipinski definition) is 2. The molecule has 19 heavy (non-hydrogen) atoms. The summed E-state index contributed by atoms with van der Waals surface area (Å²) in [7, 11) is 3.35. The second-order valence-corrected chi connectivity index (χ2v) is 4.14. The first-order valence-corrected chi connectivity index (χ1v) is 6.23. The van der Waals surface area contributed by atoms with E-state index >= 15 is 0 Å². The van der Waals surface area contributed by atoms with Crippen molar-refractivity contribution in [2.75, 3.05) is 20.8 Å². The van der Waals surface area contributed by atoms with Crippen LogP contribution in [0.4, 0.5) is 0 Å². The van der Waals surface area contributed by atoms with Crippen LogP contribution in [0.25, 0.3) is 0 Å². The van der Waals surface area contributed by atoms with E-state index in [2.05, 4.69) is 15.3 Å². The smallest absolute Gasteiger partial charge is 0.122 e. The molecule has 2 N–H and O–H groups in total. The summed E-state index contributed by atoms with van der Waals surface area (Å²) in [6, 6.07) is 5.84. The number of methoxy groups -OCH3 is 2. The maximum absolute atomic E-state index is 5.35. The Balaban J connectivity index is 1.87. The van der Waals surface area contributed by atoms with E-state index in [0.717, 1.165) is 42.4 Å². The quantitative estimate of drug-likeness (QED) is 0.746. The molecule has 1 aromatic carbocycles. The molecule has 0 unspecified atom stereocenters. The summed E-state index contributed by atoms with van der Waals surface area (Å²) in [5.74, 6) is 2.68. The summed E-state index contributed by atoms with van der Waals surface area (Å²) in [4.78, 5) is 7.22. The molecule has 5 heteroatoms. The number of imidazole rings is 1. The molecule has 0 aliphatic carbocycles. The molecular formula is C14H19N3O2. The largest absolute Gasteiger partial charge is 0.497 e. The first-order valence-electron chi connectivity index (χ1n) is 6.23. The van der Waals surface area contributed by atoms with Crippen molar-refractivity contribution in [2.24, 2.45) is 0 Å². The van der Waals surface area contributed by atoms with Gasteiger partial charge in [0.2, 0.25) is 0 Å². The fourth-order valence-corrected chi connectivity index (χ4v) is 1.90. The first-order chi connectivity index (χ1) is 9.33. The van der Waals surface area contributed by atoms with Crippen LogP contribution in [0.3, 0.4) is 0 Å². The van der Waals surface area contributed by atoms with E-state index in [4.69, 9.17) is 9.47 Å². The maximum Gasteiger partial charge on any atom is 0.122 e. The van der Waals surface area contributed by atoms with E-state index < -0.39 is 0 Å². The lowest BCUT2D eigenvalue weighted by Crippen LogP contribution is -2.17. The zero-order chi connectivity index (χ0) is 13.5. The Kier molecular flexibility index (Phi) is 4.80. The Morgan fingerprint density at radius 2 is 2.16 bits per heavy atom. The second-order valence-electron chi connectivity index (χ2n) is 4.14. The molecule has 0 saturated carbocycles. The number of benzene rings is 1. The Morgan fingerprint density at radius 1 is 1.26 bits per heavy atom. The summed E-state index contributed by atoms with van der Waals surface area (Å²) < 4.78 is 10.6. The van der Waals surface area contributed by atoms with Gasteiger partial charge in [0.1, 0.15) is 17.3 Å². The van der Waals surface area contributed by atoms with E-state index in [1.54, 1.807) is 20.4 Å². The third-order valence-corrected chi connectivity index (χ3v) is 2.91. The summed E-state index contributed by atoms with van der Waals surface area (Å²) in [5, 5.41) is 3.33. The van der Waals surface area contributed by atoms with Crippen LogP contribution in [0.2, 0.25) is 0 Å². The van der Waals surface area contributed by atoms with Gasteiger partial charge in [-0.2, -0.15) is 0 Å². The number of aromatic amines is 1. The van der Waals surface area contributed by atoms with Gasteiger partial charge in [-0.1, -0.05) is 0 Å². The molecule has 0 radical (unpaired) electrons. The fraction of sp³-hybridized carbons (Fsp3) is 0.357. The van der Waals surface area contributed by atoms with Crippen LogP contribution in [0.1, 0.15) is 11.4 Å². The van der Waals surface area contributed by atoms with Crippen molar-refractivity contribution in [3.63, 3.8) is 0 Å². The van der Waals surface area contributed by atoms with Gasteiger partial charge in [-0.25, -0.2) is 4.98 Å². The van der Waals surface area contributed by atoms with Gasteiger partial charge in [-0.05, 0) is 36.7 Å². The average Bonchev–Trinajstić information content (AvgIpc) is 2.96. The maximum atomic E-state index is 5.35. The summed E-state index contributed by atoms with van der Waals surface area (Å²) in [6.45, 7) is 1.59. The highest BCUT2D eigenvalue weighted by Crippen LogP contribution is 2.24. The minimum absolute atomic E-state index is 0.735. The highest BCUT2D eigenvalue weighted by atomic mass is 16.5. The SMILES string of the molecule is COc1ccc(OC)c(CCNCc2ncc[nH]2)c1. The molecule has 0 aliphatic heterocycles. The molecule has 0 atom stereocenters. The summed E-state index contributed by atoms with van der Waals surface area (Å²) >= 11 is 0. The fourth-order valence-electron chi connectivity index (χ4n) is 1.90. The Labute approximate surface area is 113 Å². The Hall–Kier alpha value is -2.01. The van der Waals surface area contributed by atoms with Crippen LogP contribution in [-0.4, -0.2) is 30.7 Å². The molecule has 1 aromatic heterocycles. The Morgan fingerprint density at radius 3 is 2.84 bits per heavy atom. The van der Waals surface area contributed by atoms with Crippen molar-refractivity contribution >= 4 is 0 Å². The van der Waals surface area contributed by atoms with E-state index in [-0.39, 0.29) is 0 Å². The highest BCUT2D eigenvalue weighted by molar-refractivity contribution is 5.40. The minimum Gasteiger partial charge on any atom is -0.497 e. The van der Waals surface area contributed by atoms with Crippen molar-refractivity contribution in [1.82, 2.24) is 15.3 Å². The van der Waals surface area contributed by atoms with Crippen molar-refractivity contribution < 1.29 is 9.47 Å². The van der Waals surface area contributed by atoms with Gasteiger partial charge in [-0.3, -0.25) is 0 Å². The zero-order valence-electron chi connectivity index (χ0n) is 11.3. The molecule has 0 bridgehead atoms.